The van der Waals surface area contributed by atoms with Gasteiger partial charge in [-0.1, -0.05) is 11.8 Å². The van der Waals surface area contributed by atoms with Gasteiger partial charge >= 0.3 is 5.97 Å². The van der Waals surface area contributed by atoms with Gasteiger partial charge in [-0.2, -0.15) is 0 Å². The van der Waals surface area contributed by atoms with Gasteiger partial charge in [-0.15, -0.1) is 11.3 Å². The van der Waals surface area contributed by atoms with Gasteiger partial charge in [0.15, 0.2) is 0 Å². The number of carbonyl (C=O) groups is 1. The topological polar surface area (TPSA) is 51.2 Å². The van der Waals surface area contributed by atoms with E-state index in [0.29, 0.717) is 6.61 Å². The van der Waals surface area contributed by atoms with Gasteiger partial charge in [0.25, 0.3) is 0 Å². The third kappa shape index (κ3) is 4.51. The van der Waals surface area contributed by atoms with Crippen LogP contribution in [0, 0.1) is 0 Å². The van der Waals surface area contributed by atoms with E-state index in [1.165, 1.54) is 0 Å². The van der Waals surface area contributed by atoms with Crippen molar-refractivity contribution in [1.29, 1.82) is 0 Å². The van der Waals surface area contributed by atoms with Gasteiger partial charge < -0.3 is 10.1 Å². The van der Waals surface area contributed by atoms with E-state index in [1.807, 2.05) is 12.3 Å². The zero-order valence-corrected chi connectivity index (χ0v) is 11.1. The molecular formula is C10H16N2O2S2. The summed E-state index contributed by atoms with van der Waals surface area (Å²) in [5.74, 6) is 0.683. The molecule has 1 N–H and O–H groups in total. The molecule has 0 aliphatic rings. The molecule has 1 rings (SSSR count). The van der Waals surface area contributed by atoms with Crippen LogP contribution in [0.3, 0.4) is 0 Å². The van der Waals surface area contributed by atoms with Crippen molar-refractivity contribution in [3.63, 3.8) is 0 Å². The lowest BCUT2D eigenvalue weighted by molar-refractivity contribution is -0.145. The summed E-state index contributed by atoms with van der Waals surface area (Å²) in [4.78, 5) is 15.6. The highest BCUT2D eigenvalue weighted by Crippen LogP contribution is 2.21. The zero-order valence-electron chi connectivity index (χ0n) is 9.43. The van der Waals surface area contributed by atoms with E-state index in [-0.39, 0.29) is 12.0 Å². The van der Waals surface area contributed by atoms with Crippen molar-refractivity contribution in [3.8, 4) is 0 Å². The number of thiazole rings is 1. The van der Waals surface area contributed by atoms with Crippen molar-refractivity contribution < 1.29 is 9.53 Å². The second-order valence-corrected chi connectivity index (χ2v) is 5.27. The predicted octanol–water partition coefficient (Wildman–Crippen LogP) is 1.78. The van der Waals surface area contributed by atoms with Crippen LogP contribution < -0.4 is 5.32 Å². The zero-order chi connectivity index (χ0) is 11.8. The van der Waals surface area contributed by atoms with Gasteiger partial charge in [-0.25, -0.2) is 4.98 Å². The Bertz CT molecular complexity index is 304. The number of likely N-dealkylation sites (N-methyl/N-ethyl adjacent to an activating group) is 1. The predicted molar refractivity (Wildman–Crippen MR) is 66.9 cm³/mol. The molecule has 6 heteroatoms. The largest absolute Gasteiger partial charge is 0.465 e. The quantitative estimate of drug-likeness (QED) is 0.598. The summed E-state index contributed by atoms with van der Waals surface area (Å²) in [6, 6.07) is -0.215. The molecule has 90 valence electrons. The Balaban J connectivity index is 2.26. The van der Waals surface area contributed by atoms with Crippen molar-refractivity contribution in [2.75, 3.05) is 19.4 Å². The third-order valence-corrected chi connectivity index (χ3v) is 3.96. The van der Waals surface area contributed by atoms with E-state index in [2.05, 4.69) is 10.3 Å². The Morgan fingerprint density at radius 2 is 2.56 bits per heavy atom. The lowest BCUT2D eigenvalue weighted by Gasteiger charge is -2.13. The van der Waals surface area contributed by atoms with Crippen molar-refractivity contribution >= 4 is 29.1 Å². The lowest BCUT2D eigenvalue weighted by Crippen LogP contribution is -2.36. The highest BCUT2D eigenvalue weighted by Gasteiger charge is 2.17. The number of nitrogens with one attached hydrogen (secondary N) is 1. The molecule has 0 amide bonds. The summed E-state index contributed by atoms with van der Waals surface area (Å²) in [5.41, 5.74) is 0. The van der Waals surface area contributed by atoms with Gasteiger partial charge in [0.2, 0.25) is 0 Å². The summed E-state index contributed by atoms with van der Waals surface area (Å²) in [6.45, 7) is 2.24. The first-order chi connectivity index (χ1) is 7.77. The van der Waals surface area contributed by atoms with Gasteiger partial charge in [0.1, 0.15) is 10.4 Å². The minimum atomic E-state index is -0.215. The maximum Gasteiger partial charge on any atom is 0.323 e. The summed E-state index contributed by atoms with van der Waals surface area (Å²) in [5, 5.41) is 4.91. The SMILES string of the molecule is CCOC(=O)C(CCSc1nccs1)NC. The molecule has 0 aromatic carbocycles. The average Bonchev–Trinajstić information content (AvgIpc) is 2.77. The molecule has 1 aromatic rings. The fraction of sp³-hybridized carbons (Fsp3) is 0.600. The highest BCUT2D eigenvalue weighted by molar-refractivity contribution is 8.00. The van der Waals surface area contributed by atoms with Gasteiger partial charge in [-0.3, -0.25) is 4.79 Å². The Labute approximate surface area is 104 Å². The number of rotatable bonds is 7. The number of esters is 1. The molecule has 0 aliphatic heterocycles. The van der Waals surface area contributed by atoms with Crippen LogP contribution in [0.5, 0.6) is 0 Å². The summed E-state index contributed by atoms with van der Waals surface area (Å²) >= 11 is 3.28. The average molecular weight is 260 g/mol. The van der Waals surface area contributed by atoms with E-state index in [9.17, 15) is 4.79 Å². The minimum Gasteiger partial charge on any atom is -0.465 e. The minimum absolute atomic E-state index is 0.176. The molecule has 4 nitrogen and oxygen atoms in total. The number of nitrogens with zero attached hydrogens (tertiary/aromatic N) is 1. The monoisotopic (exact) mass is 260 g/mol. The smallest absolute Gasteiger partial charge is 0.323 e. The van der Waals surface area contributed by atoms with E-state index < -0.39 is 0 Å². The van der Waals surface area contributed by atoms with Crippen molar-refractivity contribution in [1.82, 2.24) is 10.3 Å². The summed E-state index contributed by atoms with van der Waals surface area (Å²) < 4.78 is 6.00. The molecule has 0 bridgehead atoms. The molecule has 0 saturated carbocycles. The summed E-state index contributed by atoms with van der Waals surface area (Å²) in [7, 11) is 1.77. The standard InChI is InChI=1S/C10H16N2O2S2/c1-3-14-9(13)8(11-2)4-6-15-10-12-5-7-16-10/h5,7-8,11H,3-4,6H2,1-2H3. The second-order valence-electron chi connectivity index (χ2n) is 3.03. The molecule has 0 saturated heterocycles. The number of hydrogen-bond acceptors (Lipinski definition) is 6. The lowest BCUT2D eigenvalue weighted by atomic mass is 10.2. The molecule has 0 radical (unpaired) electrons. The second kappa shape index (κ2) is 7.65. The fourth-order valence-corrected chi connectivity index (χ4v) is 2.88. The molecule has 0 spiro atoms. The Hall–Kier alpha value is -0.590. The van der Waals surface area contributed by atoms with Crippen LogP contribution in [0.2, 0.25) is 0 Å². The van der Waals surface area contributed by atoms with Crippen LogP contribution >= 0.6 is 23.1 Å². The Kier molecular flexibility index (Phi) is 6.44. The third-order valence-electron chi connectivity index (χ3n) is 1.96. The molecule has 0 fully saturated rings. The number of thioether (sulfide) groups is 1. The van der Waals surface area contributed by atoms with Crippen molar-refractivity contribution in [2.45, 2.75) is 23.7 Å². The fourth-order valence-electron chi connectivity index (χ4n) is 1.17. The van der Waals surface area contributed by atoms with E-state index >= 15 is 0 Å². The first-order valence-electron chi connectivity index (χ1n) is 5.14. The van der Waals surface area contributed by atoms with Crippen LogP contribution in [-0.2, 0) is 9.53 Å². The van der Waals surface area contributed by atoms with Crippen LogP contribution in [0.25, 0.3) is 0 Å². The maximum atomic E-state index is 11.5. The normalized spacial score (nSPS) is 12.4. The molecule has 1 aromatic heterocycles. The first-order valence-corrected chi connectivity index (χ1v) is 7.00. The number of ether oxygens (including phenoxy) is 1. The van der Waals surface area contributed by atoms with Gasteiger partial charge in [0.05, 0.1) is 6.61 Å². The van der Waals surface area contributed by atoms with Crippen LogP contribution in [0.4, 0.5) is 0 Å². The van der Waals surface area contributed by atoms with Crippen LogP contribution in [0.15, 0.2) is 15.9 Å². The van der Waals surface area contributed by atoms with Gasteiger partial charge in [0, 0.05) is 17.3 Å². The van der Waals surface area contributed by atoms with Crippen molar-refractivity contribution in [3.05, 3.63) is 11.6 Å². The molecular weight excluding hydrogens is 244 g/mol. The van der Waals surface area contributed by atoms with Crippen molar-refractivity contribution in [2.24, 2.45) is 0 Å². The number of aromatic nitrogens is 1. The molecule has 0 aliphatic carbocycles. The van der Waals surface area contributed by atoms with Crippen LogP contribution in [0.1, 0.15) is 13.3 Å². The first kappa shape index (κ1) is 13.5. The maximum absolute atomic E-state index is 11.5. The van der Waals surface area contributed by atoms with Crippen LogP contribution in [-0.4, -0.2) is 36.4 Å². The Morgan fingerprint density at radius 3 is 3.12 bits per heavy atom. The molecule has 16 heavy (non-hydrogen) atoms. The number of carbonyl (C=O) groups excluding carboxylic acids is 1. The highest BCUT2D eigenvalue weighted by atomic mass is 32.2. The molecule has 1 atom stereocenters. The molecule has 1 unspecified atom stereocenters. The van der Waals surface area contributed by atoms with E-state index in [1.54, 1.807) is 36.3 Å². The molecule has 1 heterocycles. The number of hydrogen-bond donors (Lipinski definition) is 1. The van der Waals surface area contributed by atoms with E-state index in [0.717, 1.165) is 16.5 Å². The summed E-state index contributed by atoms with van der Waals surface area (Å²) in [6.07, 6.45) is 2.54. The Morgan fingerprint density at radius 1 is 1.75 bits per heavy atom. The van der Waals surface area contributed by atoms with E-state index in [4.69, 9.17) is 4.74 Å². The van der Waals surface area contributed by atoms with Gasteiger partial charge in [-0.05, 0) is 20.4 Å².